The van der Waals surface area contributed by atoms with E-state index in [1.54, 1.807) is 6.92 Å². The summed E-state index contributed by atoms with van der Waals surface area (Å²) in [4.78, 5) is 28.3. The molecule has 1 aromatic heterocycles. The van der Waals surface area contributed by atoms with Gasteiger partial charge in [0.15, 0.2) is 23.9 Å². The van der Waals surface area contributed by atoms with Crippen molar-refractivity contribution >= 4 is 56.8 Å². The zero-order valence-electron chi connectivity index (χ0n) is 15.3. The molecule has 7 nitrogen and oxygen atoms in total. The van der Waals surface area contributed by atoms with Crippen LogP contribution in [0.5, 0.6) is 11.5 Å². The first-order valence-electron chi connectivity index (χ1n) is 8.06. The second-order valence-electron chi connectivity index (χ2n) is 5.44. The quantitative estimate of drug-likeness (QED) is 0.566. The molecular formula is C18H17BrCl2N2O5. The van der Waals surface area contributed by atoms with Crippen LogP contribution in [-0.2, 0) is 9.53 Å². The SMILES string of the molecule is CCOc1c(Br)cc(C(=O)OCC(=O)Nc2ncc(Cl)c(C)c2Cl)cc1OC. The number of nitrogens with zero attached hydrogens (tertiary/aromatic N) is 1. The van der Waals surface area contributed by atoms with Crippen molar-refractivity contribution in [3.8, 4) is 11.5 Å². The van der Waals surface area contributed by atoms with E-state index in [-0.39, 0.29) is 16.4 Å². The van der Waals surface area contributed by atoms with E-state index in [9.17, 15) is 9.59 Å². The molecule has 1 amide bonds. The topological polar surface area (TPSA) is 86.8 Å². The molecule has 1 aromatic carbocycles. The Hall–Kier alpha value is -2.03. The van der Waals surface area contributed by atoms with E-state index in [0.29, 0.717) is 33.2 Å². The predicted octanol–water partition coefficient (Wildman–Crippen LogP) is 4.66. The molecule has 10 heteroatoms. The van der Waals surface area contributed by atoms with Crippen LogP contribution in [0.1, 0.15) is 22.8 Å². The van der Waals surface area contributed by atoms with E-state index in [2.05, 4.69) is 26.2 Å². The summed E-state index contributed by atoms with van der Waals surface area (Å²) in [6.07, 6.45) is 1.37. The molecule has 0 bridgehead atoms. The van der Waals surface area contributed by atoms with Gasteiger partial charge in [0, 0.05) is 6.20 Å². The van der Waals surface area contributed by atoms with Gasteiger partial charge in [0.25, 0.3) is 5.91 Å². The summed E-state index contributed by atoms with van der Waals surface area (Å²) in [7, 11) is 1.46. The number of ether oxygens (including phenoxy) is 3. The standard InChI is InChI=1S/C18H17BrCl2N2O5/c1-4-27-16-11(19)5-10(6-13(16)26-3)18(25)28-8-14(24)23-17-15(21)9(2)12(20)7-22-17/h5-7H,4,8H2,1-3H3,(H,22,23,24). The Bertz CT molecular complexity index is 908. The molecule has 0 spiro atoms. The molecular weight excluding hydrogens is 475 g/mol. The number of halogens is 3. The molecule has 1 N–H and O–H groups in total. The fourth-order valence-corrected chi connectivity index (χ4v) is 3.09. The van der Waals surface area contributed by atoms with E-state index in [0.717, 1.165) is 0 Å². The first-order chi connectivity index (χ1) is 13.3. The summed E-state index contributed by atoms with van der Waals surface area (Å²) < 4.78 is 16.3. The van der Waals surface area contributed by atoms with Crippen molar-refractivity contribution in [2.75, 3.05) is 25.6 Å². The molecule has 0 aliphatic carbocycles. The highest BCUT2D eigenvalue weighted by atomic mass is 79.9. The van der Waals surface area contributed by atoms with E-state index in [1.807, 2.05) is 6.92 Å². The normalized spacial score (nSPS) is 10.4. The minimum absolute atomic E-state index is 0.134. The van der Waals surface area contributed by atoms with Crippen LogP contribution < -0.4 is 14.8 Å². The Kier molecular flexibility index (Phi) is 7.91. The highest BCUT2D eigenvalue weighted by Gasteiger charge is 2.18. The van der Waals surface area contributed by atoms with Crippen LogP contribution in [-0.4, -0.2) is 37.2 Å². The number of aromatic nitrogens is 1. The molecule has 0 atom stereocenters. The molecule has 0 saturated carbocycles. The molecule has 0 radical (unpaired) electrons. The Morgan fingerprint density at radius 1 is 1.29 bits per heavy atom. The molecule has 28 heavy (non-hydrogen) atoms. The van der Waals surface area contributed by atoms with Gasteiger partial charge in [0.2, 0.25) is 0 Å². The second-order valence-corrected chi connectivity index (χ2v) is 7.08. The number of rotatable bonds is 7. The Morgan fingerprint density at radius 3 is 2.64 bits per heavy atom. The number of benzene rings is 1. The third-order valence-corrected chi connectivity index (χ3v) is 4.98. The number of amides is 1. The van der Waals surface area contributed by atoms with Crippen molar-refractivity contribution in [3.63, 3.8) is 0 Å². The molecule has 2 aromatic rings. The number of esters is 1. The Morgan fingerprint density at radius 2 is 2.00 bits per heavy atom. The van der Waals surface area contributed by atoms with Crippen LogP contribution in [0.4, 0.5) is 5.82 Å². The van der Waals surface area contributed by atoms with Gasteiger partial charge in [0.05, 0.1) is 33.8 Å². The Labute approximate surface area is 180 Å². The fourth-order valence-electron chi connectivity index (χ4n) is 2.15. The van der Waals surface area contributed by atoms with Crippen molar-refractivity contribution in [1.82, 2.24) is 4.98 Å². The molecule has 0 saturated heterocycles. The lowest BCUT2D eigenvalue weighted by molar-refractivity contribution is -0.119. The molecule has 2 rings (SSSR count). The molecule has 0 unspecified atom stereocenters. The molecule has 1 heterocycles. The maximum atomic E-state index is 12.3. The maximum Gasteiger partial charge on any atom is 0.338 e. The number of pyridine rings is 1. The first-order valence-corrected chi connectivity index (χ1v) is 9.61. The minimum Gasteiger partial charge on any atom is -0.493 e. The lowest BCUT2D eigenvalue weighted by Gasteiger charge is -2.13. The number of carbonyl (C=O) groups excluding carboxylic acids is 2. The minimum atomic E-state index is -0.705. The van der Waals surface area contributed by atoms with Crippen LogP contribution in [0, 0.1) is 6.92 Å². The van der Waals surface area contributed by atoms with Gasteiger partial charge in [-0.1, -0.05) is 23.2 Å². The van der Waals surface area contributed by atoms with Crippen LogP contribution in [0.3, 0.4) is 0 Å². The fraction of sp³-hybridized carbons (Fsp3) is 0.278. The zero-order valence-corrected chi connectivity index (χ0v) is 18.4. The third-order valence-electron chi connectivity index (χ3n) is 3.55. The summed E-state index contributed by atoms with van der Waals surface area (Å²) >= 11 is 15.3. The van der Waals surface area contributed by atoms with Crippen molar-refractivity contribution in [3.05, 3.63) is 44.0 Å². The smallest absolute Gasteiger partial charge is 0.338 e. The Balaban J connectivity index is 2.05. The van der Waals surface area contributed by atoms with Crippen LogP contribution in [0.25, 0.3) is 0 Å². The van der Waals surface area contributed by atoms with Gasteiger partial charge in [0.1, 0.15) is 0 Å². The van der Waals surface area contributed by atoms with E-state index >= 15 is 0 Å². The number of hydrogen-bond donors (Lipinski definition) is 1. The second kappa shape index (κ2) is 9.95. The summed E-state index contributed by atoms with van der Waals surface area (Å²) in [5.41, 5.74) is 0.774. The molecule has 150 valence electrons. The molecule has 0 fully saturated rings. The average Bonchev–Trinajstić information content (AvgIpc) is 2.68. The van der Waals surface area contributed by atoms with Gasteiger partial charge in [-0.05, 0) is 47.5 Å². The zero-order chi connectivity index (χ0) is 20.8. The monoisotopic (exact) mass is 490 g/mol. The van der Waals surface area contributed by atoms with Gasteiger partial charge in [-0.3, -0.25) is 4.79 Å². The van der Waals surface area contributed by atoms with Gasteiger partial charge in [-0.15, -0.1) is 0 Å². The van der Waals surface area contributed by atoms with Gasteiger partial charge >= 0.3 is 5.97 Å². The lowest BCUT2D eigenvalue weighted by atomic mass is 10.2. The summed E-state index contributed by atoms with van der Waals surface area (Å²) in [6.45, 7) is 3.43. The summed E-state index contributed by atoms with van der Waals surface area (Å²) in [6, 6.07) is 2.99. The summed E-state index contributed by atoms with van der Waals surface area (Å²) in [5.74, 6) is -0.335. The first kappa shape index (κ1) is 22.3. The van der Waals surface area contributed by atoms with Crippen molar-refractivity contribution in [2.24, 2.45) is 0 Å². The van der Waals surface area contributed by atoms with Crippen LogP contribution in [0.2, 0.25) is 10.0 Å². The van der Waals surface area contributed by atoms with Gasteiger partial charge in [-0.25, -0.2) is 9.78 Å². The van der Waals surface area contributed by atoms with Gasteiger partial charge < -0.3 is 19.5 Å². The molecule has 0 aliphatic heterocycles. The predicted molar refractivity (Wildman–Crippen MR) is 110 cm³/mol. The average molecular weight is 492 g/mol. The highest BCUT2D eigenvalue weighted by molar-refractivity contribution is 9.10. The number of anilines is 1. The number of methoxy groups -OCH3 is 1. The lowest BCUT2D eigenvalue weighted by Crippen LogP contribution is -2.21. The number of hydrogen-bond acceptors (Lipinski definition) is 6. The van der Waals surface area contributed by atoms with Crippen molar-refractivity contribution in [1.29, 1.82) is 0 Å². The maximum absolute atomic E-state index is 12.3. The van der Waals surface area contributed by atoms with Crippen molar-refractivity contribution < 1.29 is 23.8 Å². The van der Waals surface area contributed by atoms with Gasteiger partial charge in [-0.2, -0.15) is 0 Å². The largest absolute Gasteiger partial charge is 0.493 e. The van der Waals surface area contributed by atoms with E-state index < -0.39 is 18.5 Å². The number of carbonyl (C=O) groups is 2. The number of nitrogens with one attached hydrogen (secondary N) is 1. The third kappa shape index (κ3) is 5.27. The van der Waals surface area contributed by atoms with Crippen LogP contribution in [0.15, 0.2) is 22.8 Å². The van der Waals surface area contributed by atoms with E-state index in [1.165, 1.54) is 25.4 Å². The van der Waals surface area contributed by atoms with Crippen LogP contribution >= 0.6 is 39.1 Å². The van der Waals surface area contributed by atoms with E-state index in [4.69, 9.17) is 37.4 Å². The summed E-state index contributed by atoms with van der Waals surface area (Å²) in [5, 5.41) is 3.07. The van der Waals surface area contributed by atoms with Crippen molar-refractivity contribution in [2.45, 2.75) is 13.8 Å². The highest BCUT2D eigenvalue weighted by Crippen LogP contribution is 2.36. The molecule has 0 aliphatic rings.